The van der Waals surface area contributed by atoms with Crippen LogP contribution in [0, 0.1) is 20.8 Å². The van der Waals surface area contributed by atoms with Gasteiger partial charge in [-0.15, -0.1) is 11.3 Å². The van der Waals surface area contributed by atoms with Gasteiger partial charge in [0.1, 0.15) is 22.7 Å². The summed E-state index contributed by atoms with van der Waals surface area (Å²) >= 11 is 11.6. The van der Waals surface area contributed by atoms with Crippen LogP contribution in [0.1, 0.15) is 47.3 Å². The molecule has 0 aliphatic rings. The van der Waals surface area contributed by atoms with Crippen LogP contribution < -0.4 is 10.3 Å². The summed E-state index contributed by atoms with van der Waals surface area (Å²) in [5.74, 6) is 1.40. The fourth-order valence-electron chi connectivity index (χ4n) is 3.54. The second-order valence-corrected chi connectivity index (χ2v) is 10.7. The molecule has 0 aromatic carbocycles. The van der Waals surface area contributed by atoms with E-state index in [2.05, 4.69) is 44.3 Å². The number of ether oxygens (including phenoxy) is 1. The zero-order valence-electron chi connectivity index (χ0n) is 19.5. The number of thiophene rings is 1. The molecule has 4 rings (SSSR count). The minimum absolute atomic E-state index is 0.178. The molecule has 176 valence electrons. The standard InChI is InChI=1S/C25H24BrClN4O2S/c1-13(2)24-29-9-14(3)23(30-24)19-8-20(18(27)10-28-19)31-15(4)6-21(22(26)25(31)32)33-11-17-7-16(5)34-12-17/h6-10,12-13H,11H2,1-5H3. The van der Waals surface area contributed by atoms with Crippen molar-refractivity contribution in [3.63, 3.8) is 0 Å². The van der Waals surface area contributed by atoms with Crippen LogP contribution in [-0.2, 0) is 6.61 Å². The molecule has 6 nitrogen and oxygen atoms in total. The highest BCUT2D eigenvalue weighted by atomic mass is 79.9. The van der Waals surface area contributed by atoms with Gasteiger partial charge in [-0.05, 0) is 59.8 Å². The van der Waals surface area contributed by atoms with Crippen LogP contribution in [0.3, 0.4) is 0 Å². The molecule has 0 aliphatic carbocycles. The van der Waals surface area contributed by atoms with Gasteiger partial charge in [0.25, 0.3) is 5.56 Å². The molecule has 34 heavy (non-hydrogen) atoms. The second kappa shape index (κ2) is 9.98. The van der Waals surface area contributed by atoms with Crippen LogP contribution in [0.4, 0.5) is 0 Å². The number of aryl methyl sites for hydroxylation is 3. The number of aromatic nitrogens is 4. The fraction of sp³-hybridized carbons (Fsp3) is 0.280. The average molecular weight is 560 g/mol. The molecular weight excluding hydrogens is 536 g/mol. The molecule has 0 bridgehead atoms. The van der Waals surface area contributed by atoms with Crippen LogP contribution in [0.25, 0.3) is 17.1 Å². The number of pyridine rings is 2. The van der Waals surface area contributed by atoms with Crippen LogP contribution >= 0.6 is 38.9 Å². The van der Waals surface area contributed by atoms with Gasteiger partial charge < -0.3 is 4.74 Å². The molecule has 0 fully saturated rings. The third-order valence-corrected chi connectivity index (χ3v) is 7.24. The normalized spacial score (nSPS) is 11.3. The Kier molecular flexibility index (Phi) is 7.21. The number of hydrogen-bond donors (Lipinski definition) is 0. The van der Waals surface area contributed by atoms with Crippen molar-refractivity contribution in [2.75, 3.05) is 0 Å². The van der Waals surface area contributed by atoms with Crippen molar-refractivity contribution >= 4 is 38.9 Å². The zero-order valence-corrected chi connectivity index (χ0v) is 22.7. The SMILES string of the molecule is Cc1cc(COc2cc(C)n(-c3cc(-c4nc(C(C)C)ncc4C)ncc3Cl)c(=O)c2Br)cs1. The number of halogens is 2. The summed E-state index contributed by atoms with van der Waals surface area (Å²) in [7, 11) is 0. The van der Waals surface area contributed by atoms with Crippen molar-refractivity contribution < 1.29 is 4.74 Å². The van der Waals surface area contributed by atoms with Gasteiger partial charge in [0, 0.05) is 40.5 Å². The lowest BCUT2D eigenvalue weighted by Gasteiger charge is -2.16. The molecule has 0 saturated heterocycles. The second-order valence-electron chi connectivity index (χ2n) is 8.39. The molecule has 0 spiro atoms. The average Bonchev–Trinajstić information content (AvgIpc) is 3.22. The number of nitrogens with zero attached hydrogens (tertiary/aromatic N) is 4. The first-order valence-corrected chi connectivity index (χ1v) is 12.8. The van der Waals surface area contributed by atoms with E-state index in [0.717, 1.165) is 17.0 Å². The van der Waals surface area contributed by atoms with Gasteiger partial charge in [0.15, 0.2) is 0 Å². The van der Waals surface area contributed by atoms with E-state index in [9.17, 15) is 4.79 Å². The van der Waals surface area contributed by atoms with Gasteiger partial charge in [-0.3, -0.25) is 14.3 Å². The van der Waals surface area contributed by atoms with E-state index in [4.69, 9.17) is 21.3 Å². The maximum Gasteiger partial charge on any atom is 0.273 e. The summed E-state index contributed by atoms with van der Waals surface area (Å²) in [6.07, 6.45) is 3.34. The summed E-state index contributed by atoms with van der Waals surface area (Å²) in [6.45, 7) is 10.3. The Morgan fingerprint density at radius 3 is 2.59 bits per heavy atom. The molecule has 0 aliphatic heterocycles. The van der Waals surface area contributed by atoms with E-state index in [1.807, 2.05) is 33.8 Å². The predicted octanol–water partition coefficient (Wildman–Crippen LogP) is 6.79. The quantitative estimate of drug-likeness (QED) is 0.260. The van der Waals surface area contributed by atoms with Crippen molar-refractivity contribution in [3.8, 4) is 22.8 Å². The highest BCUT2D eigenvalue weighted by molar-refractivity contribution is 9.10. The van der Waals surface area contributed by atoms with Crippen LogP contribution in [0.5, 0.6) is 5.75 Å². The van der Waals surface area contributed by atoms with E-state index >= 15 is 0 Å². The molecule has 4 heterocycles. The number of hydrogen-bond acceptors (Lipinski definition) is 6. The fourth-order valence-corrected chi connectivity index (χ4v) is 4.83. The maximum atomic E-state index is 13.4. The van der Waals surface area contributed by atoms with Crippen LogP contribution in [0.15, 0.2) is 45.2 Å². The highest BCUT2D eigenvalue weighted by Crippen LogP contribution is 2.30. The molecule has 0 atom stereocenters. The van der Waals surface area contributed by atoms with Gasteiger partial charge in [-0.2, -0.15) is 0 Å². The lowest BCUT2D eigenvalue weighted by atomic mass is 10.1. The Morgan fingerprint density at radius 1 is 1.15 bits per heavy atom. The van der Waals surface area contributed by atoms with Gasteiger partial charge in [-0.1, -0.05) is 25.4 Å². The molecule has 0 radical (unpaired) electrons. The van der Waals surface area contributed by atoms with Crippen LogP contribution in [-0.4, -0.2) is 19.5 Å². The molecular formula is C25H24BrClN4O2S. The zero-order chi connectivity index (χ0) is 24.6. The van der Waals surface area contributed by atoms with E-state index in [0.29, 0.717) is 44.6 Å². The molecule has 4 aromatic heterocycles. The summed E-state index contributed by atoms with van der Waals surface area (Å²) in [4.78, 5) is 28.2. The molecule has 0 amide bonds. The predicted molar refractivity (Wildman–Crippen MR) is 141 cm³/mol. The van der Waals surface area contributed by atoms with Crippen LogP contribution in [0.2, 0.25) is 5.02 Å². The molecule has 0 N–H and O–H groups in total. The molecule has 0 unspecified atom stereocenters. The topological polar surface area (TPSA) is 69.9 Å². The lowest BCUT2D eigenvalue weighted by Crippen LogP contribution is -2.22. The first kappa shape index (κ1) is 24.6. The Labute approximate surface area is 215 Å². The molecule has 0 saturated carbocycles. The van der Waals surface area contributed by atoms with Gasteiger partial charge in [0.2, 0.25) is 0 Å². The Balaban J connectivity index is 1.76. The van der Waals surface area contributed by atoms with Crippen molar-refractivity contribution in [1.82, 2.24) is 19.5 Å². The van der Waals surface area contributed by atoms with Crippen molar-refractivity contribution in [2.24, 2.45) is 0 Å². The third kappa shape index (κ3) is 4.94. The van der Waals surface area contributed by atoms with E-state index < -0.39 is 0 Å². The van der Waals surface area contributed by atoms with E-state index in [1.165, 1.54) is 4.88 Å². The lowest BCUT2D eigenvalue weighted by molar-refractivity contribution is 0.303. The number of rotatable bonds is 6. The first-order chi connectivity index (χ1) is 16.2. The van der Waals surface area contributed by atoms with E-state index in [-0.39, 0.29) is 11.5 Å². The Morgan fingerprint density at radius 2 is 1.91 bits per heavy atom. The summed E-state index contributed by atoms with van der Waals surface area (Å²) in [6, 6.07) is 5.69. The maximum absolute atomic E-state index is 13.4. The molecule has 9 heteroatoms. The Hall–Kier alpha value is -2.55. The smallest absolute Gasteiger partial charge is 0.273 e. The first-order valence-electron chi connectivity index (χ1n) is 10.7. The minimum Gasteiger partial charge on any atom is -0.487 e. The summed E-state index contributed by atoms with van der Waals surface area (Å²) < 4.78 is 7.84. The van der Waals surface area contributed by atoms with E-state index in [1.54, 1.807) is 34.4 Å². The molecule has 4 aromatic rings. The Bertz CT molecular complexity index is 1430. The van der Waals surface area contributed by atoms with Gasteiger partial charge >= 0.3 is 0 Å². The van der Waals surface area contributed by atoms with Crippen molar-refractivity contribution in [3.05, 3.63) is 83.3 Å². The van der Waals surface area contributed by atoms with Crippen molar-refractivity contribution in [1.29, 1.82) is 0 Å². The summed E-state index contributed by atoms with van der Waals surface area (Å²) in [5, 5.41) is 2.41. The van der Waals surface area contributed by atoms with Crippen molar-refractivity contribution in [2.45, 2.75) is 47.1 Å². The monoisotopic (exact) mass is 558 g/mol. The third-order valence-electron chi connectivity index (χ3n) is 5.30. The van der Waals surface area contributed by atoms with Gasteiger partial charge in [0.05, 0.1) is 22.1 Å². The summed E-state index contributed by atoms with van der Waals surface area (Å²) in [5.41, 5.74) is 4.24. The minimum atomic E-state index is -0.266. The van der Waals surface area contributed by atoms with Gasteiger partial charge in [-0.25, -0.2) is 9.97 Å². The highest BCUT2D eigenvalue weighted by Gasteiger charge is 2.18. The largest absolute Gasteiger partial charge is 0.487 e.